The first-order chi connectivity index (χ1) is 12.1. The summed E-state index contributed by atoms with van der Waals surface area (Å²) in [6, 6.07) is 16.5. The molecule has 1 N–H and O–H groups in total. The molecule has 126 valence electrons. The van der Waals surface area contributed by atoms with Gasteiger partial charge in [-0.05, 0) is 30.5 Å². The second kappa shape index (κ2) is 7.18. The Balaban J connectivity index is 1.93. The van der Waals surface area contributed by atoms with Crippen molar-refractivity contribution in [3.05, 3.63) is 94.4 Å². The van der Waals surface area contributed by atoms with Crippen LogP contribution >= 0.6 is 0 Å². The molecular weight excluding hydrogens is 314 g/mol. The van der Waals surface area contributed by atoms with Crippen molar-refractivity contribution in [3.8, 4) is 0 Å². The Hall–Kier alpha value is -3.14. The third-order valence-corrected chi connectivity index (χ3v) is 4.10. The predicted octanol–water partition coefficient (Wildman–Crippen LogP) is 4.01. The van der Waals surface area contributed by atoms with Crippen LogP contribution in [0.3, 0.4) is 0 Å². The third-order valence-electron chi connectivity index (χ3n) is 4.10. The van der Waals surface area contributed by atoms with Crippen molar-refractivity contribution in [2.24, 2.45) is 0 Å². The number of carbonyl (C=O) groups is 1. The third kappa shape index (κ3) is 3.53. The van der Waals surface area contributed by atoms with Crippen molar-refractivity contribution in [1.29, 1.82) is 0 Å². The van der Waals surface area contributed by atoms with Gasteiger partial charge in [-0.15, -0.1) is 6.58 Å². The molecule has 0 aliphatic heterocycles. The van der Waals surface area contributed by atoms with Gasteiger partial charge in [0.2, 0.25) is 0 Å². The standard InChI is InChI=1S/C21H19NO3/c1-3-8-16-11-7-12-17-13-18(21(24)25-19(16)17)20(23)22-14(2)15-9-5-4-6-10-15/h3-7,9-14H,1,8H2,2H3,(H,22,23). The van der Waals surface area contributed by atoms with Crippen molar-refractivity contribution >= 4 is 16.9 Å². The Bertz CT molecular complexity index is 973. The first-order valence-corrected chi connectivity index (χ1v) is 8.12. The molecule has 1 aromatic heterocycles. The average Bonchev–Trinajstić information content (AvgIpc) is 2.62. The number of nitrogens with one attached hydrogen (secondary N) is 1. The summed E-state index contributed by atoms with van der Waals surface area (Å²) in [4.78, 5) is 24.8. The van der Waals surface area contributed by atoms with E-state index in [1.165, 1.54) is 0 Å². The number of hydrogen-bond acceptors (Lipinski definition) is 3. The maximum absolute atomic E-state index is 12.5. The topological polar surface area (TPSA) is 59.3 Å². The van der Waals surface area contributed by atoms with Crippen LogP contribution in [-0.4, -0.2) is 5.91 Å². The number of rotatable bonds is 5. The zero-order valence-electron chi connectivity index (χ0n) is 14.0. The van der Waals surface area contributed by atoms with Crippen LogP contribution in [0.4, 0.5) is 0 Å². The first kappa shape index (κ1) is 16.7. The van der Waals surface area contributed by atoms with E-state index in [2.05, 4.69) is 11.9 Å². The molecule has 25 heavy (non-hydrogen) atoms. The molecule has 1 amide bonds. The van der Waals surface area contributed by atoms with E-state index in [-0.39, 0.29) is 11.6 Å². The SMILES string of the molecule is C=CCc1cccc2cc(C(=O)NC(C)c3ccccc3)c(=O)oc12. The normalized spacial score (nSPS) is 11.9. The van der Waals surface area contributed by atoms with Gasteiger partial charge in [0.25, 0.3) is 5.91 Å². The first-order valence-electron chi connectivity index (χ1n) is 8.12. The summed E-state index contributed by atoms with van der Waals surface area (Å²) >= 11 is 0. The van der Waals surface area contributed by atoms with Crippen LogP contribution < -0.4 is 10.9 Å². The van der Waals surface area contributed by atoms with Crippen LogP contribution in [0, 0.1) is 0 Å². The maximum Gasteiger partial charge on any atom is 0.349 e. The van der Waals surface area contributed by atoms with Gasteiger partial charge in [0, 0.05) is 5.39 Å². The predicted molar refractivity (Wildman–Crippen MR) is 98.7 cm³/mol. The van der Waals surface area contributed by atoms with Crippen LogP contribution in [-0.2, 0) is 6.42 Å². The van der Waals surface area contributed by atoms with Gasteiger partial charge in [-0.3, -0.25) is 4.79 Å². The molecule has 3 aromatic rings. The van der Waals surface area contributed by atoms with Crippen LogP contribution in [0.5, 0.6) is 0 Å². The highest BCUT2D eigenvalue weighted by Gasteiger charge is 2.17. The molecule has 1 atom stereocenters. The van der Waals surface area contributed by atoms with Gasteiger partial charge >= 0.3 is 5.63 Å². The number of para-hydroxylation sites is 1. The number of benzene rings is 2. The van der Waals surface area contributed by atoms with Crippen LogP contribution in [0.25, 0.3) is 11.0 Å². The van der Waals surface area contributed by atoms with Crippen LogP contribution in [0.2, 0.25) is 0 Å². The lowest BCUT2D eigenvalue weighted by Crippen LogP contribution is -2.30. The summed E-state index contributed by atoms with van der Waals surface area (Å²) in [5.41, 5.74) is 1.70. The molecule has 3 rings (SSSR count). The minimum absolute atomic E-state index is 0.00559. The fourth-order valence-electron chi connectivity index (χ4n) is 2.78. The summed E-state index contributed by atoms with van der Waals surface area (Å²) in [5.74, 6) is -0.443. The van der Waals surface area contributed by atoms with Gasteiger partial charge in [0.1, 0.15) is 11.1 Å². The monoisotopic (exact) mass is 333 g/mol. The molecule has 0 aliphatic carbocycles. The van der Waals surface area contributed by atoms with Gasteiger partial charge in [-0.1, -0.05) is 54.6 Å². The van der Waals surface area contributed by atoms with Gasteiger partial charge in [0.15, 0.2) is 0 Å². The van der Waals surface area contributed by atoms with Gasteiger partial charge in [-0.2, -0.15) is 0 Å². The van der Waals surface area contributed by atoms with Crippen molar-refractivity contribution in [3.63, 3.8) is 0 Å². The van der Waals surface area contributed by atoms with Crippen molar-refractivity contribution in [1.82, 2.24) is 5.32 Å². The van der Waals surface area contributed by atoms with Crippen molar-refractivity contribution < 1.29 is 9.21 Å². The van der Waals surface area contributed by atoms with E-state index in [1.54, 1.807) is 12.1 Å². The quantitative estimate of drug-likeness (QED) is 0.567. The number of fused-ring (bicyclic) bond motifs is 1. The number of hydrogen-bond donors (Lipinski definition) is 1. The molecule has 0 spiro atoms. The fraction of sp³-hybridized carbons (Fsp3) is 0.143. The number of allylic oxidation sites excluding steroid dienone is 1. The second-order valence-electron chi connectivity index (χ2n) is 5.88. The van der Waals surface area contributed by atoms with E-state index < -0.39 is 11.5 Å². The fourth-order valence-corrected chi connectivity index (χ4v) is 2.78. The van der Waals surface area contributed by atoms with Crippen LogP contribution in [0.1, 0.15) is 34.5 Å². The van der Waals surface area contributed by atoms with Crippen LogP contribution in [0.15, 0.2) is 76.5 Å². The molecule has 4 heteroatoms. The largest absolute Gasteiger partial charge is 0.422 e. The zero-order valence-corrected chi connectivity index (χ0v) is 14.0. The molecule has 4 nitrogen and oxygen atoms in total. The molecule has 0 radical (unpaired) electrons. The van der Waals surface area contributed by atoms with E-state index in [0.29, 0.717) is 12.0 Å². The molecule has 1 unspecified atom stereocenters. The number of amides is 1. The lowest BCUT2D eigenvalue weighted by atomic mass is 10.1. The molecule has 0 fully saturated rings. The molecular formula is C21H19NO3. The second-order valence-corrected chi connectivity index (χ2v) is 5.88. The molecule has 0 saturated heterocycles. The van der Waals surface area contributed by atoms with Gasteiger partial charge in [-0.25, -0.2) is 4.79 Å². The highest BCUT2D eigenvalue weighted by molar-refractivity contribution is 5.97. The smallest absolute Gasteiger partial charge is 0.349 e. The zero-order chi connectivity index (χ0) is 17.8. The lowest BCUT2D eigenvalue weighted by molar-refractivity contribution is 0.0936. The highest BCUT2D eigenvalue weighted by Crippen LogP contribution is 2.19. The minimum atomic E-state index is -0.637. The highest BCUT2D eigenvalue weighted by atomic mass is 16.4. The maximum atomic E-state index is 12.5. The summed E-state index contributed by atoms with van der Waals surface area (Å²) in [5, 5.41) is 3.56. The summed E-state index contributed by atoms with van der Waals surface area (Å²) in [6.07, 6.45) is 2.34. The van der Waals surface area contributed by atoms with E-state index in [9.17, 15) is 9.59 Å². The lowest BCUT2D eigenvalue weighted by Gasteiger charge is -2.14. The van der Waals surface area contributed by atoms with Gasteiger partial charge in [0.05, 0.1) is 6.04 Å². The van der Waals surface area contributed by atoms with Crippen molar-refractivity contribution in [2.75, 3.05) is 0 Å². The molecule has 2 aromatic carbocycles. The average molecular weight is 333 g/mol. The van der Waals surface area contributed by atoms with E-state index in [1.807, 2.05) is 55.5 Å². The van der Waals surface area contributed by atoms with E-state index in [4.69, 9.17) is 4.42 Å². The summed E-state index contributed by atoms with van der Waals surface area (Å²) < 4.78 is 5.42. The molecule has 0 bridgehead atoms. The number of carbonyl (C=O) groups excluding carboxylic acids is 1. The minimum Gasteiger partial charge on any atom is -0.422 e. The molecule has 0 saturated carbocycles. The molecule has 1 heterocycles. The van der Waals surface area contributed by atoms with Gasteiger partial charge < -0.3 is 9.73 Å². The van der Waals surface area contributed by atoms with Crippen molar-refractivity contribution in [2.45, 2.75) is 19.4 Å². The summed E-state index contributed by atoms with van der Waals surface area (Å²) in [6.45, 7) is 5.58. The Labute approximate surface area is 145 Å². The Morgan fingerprint density at radius 2 is 1.96 bits per heavy atom. The summed E-state index contributed by atoms with van der Waals surface area (Å²) in [7, 11) is 0. The van der Waals surface area contributed by atoms with E-state index in [0.717, 1.165) is 16.5 Å². The Morgan fingerprint density at radius 1 is 1.20 bits per heavy atom. The Kier molecular flexibility index (Phi) is 4.80. The molecule has 0 aliphatic rings. The Morgan fingerprint density at radius 3 is 2.68 bits per heavy atom. The van der Waals surface area contributed by atoms with E-state index >= 15 is 0 Å².